The maximum absolute atomic E-state index is 12.3. The van der Waals surface area contributed by atoms with Crippen LogP contribution in [0.4, 0.5) is 20.3 Å². The van der Waals surface area contributed by atoms with E-state index in [0.717, 1.165) is 23.6 Å². The van der Waals surface area contributed by atoms with Crippen molar-refractivity contribution in [2.24, 2.45) is 0 Å². The minimum Gasteiger partial charge on any atom is -0.367 e. The molecule has 2 aromatic rings. The Morgan fingerprint density at radius 1 is 1.17 bits per heavy atom. The number of alkyl halides is 2. The summed E-state index contributed by atoms with van der Waals surface area (Å²) in [5.41, 5.74) is 0.142. The van der Waals surface area contributed by atoms with Crippen LogP contribution in [-0.2, 0) is 6.54 Å². The molecule has 0 radical (unpaired) electrons. The predicted molar refractivity (Wildman–Crippen MR) is 81.0 cm³/mol. The van der Waals surface area contributed by atoms with Gasteiger partial charge < -0.3 is 9.80 Å². The molecule has 9 heteroatoms. The van der Waals surface area contributed by atoms with Crippen LogP contribution in [0.15, 0.2) is 35.6 Å². The molecule has 0 atom stereocenters. The van der Waals surface area contributed by atoms with Gasteiger partial charge in [-0.05, 0) is 6.07 Å². The first-order chi connectivity index (χ1) is 11.1. The number of nitrogens with zero attached hydrogens (tertiary/aromatic N) is 6. The van der Waals surface area contributed by atoms with E-state index in [2.05, 4.69) is 20.0 Å². The molecule has 1 fully saturated rings. The van der Waals surface area contributed by atoms with Crippen molar-refractivity contribution >= 4 is 11.5 Å². The summed E-state index contributed by atoms with van der Waals surface area (Å²) >= 11 is 0. The van der Waals surface area contributed by atoms with Crippen molar-refractivity contribution in [3.63, 3.8) is 0 Å². The Labute approximate surface area is 131 Å². The van der Waals surface area contributed by atoms with Gasteiger partial charge in [0.15, 0.2) is 0 Å². The zero-order chi connectivity index (χ0) is 16.2. The molecule has 0 aromatic carbocycles. The van der Waals surface area contributed by atoms with E-state index < -0.39 is 18.5 Å². The second kappa shape index (κ2) is 6.67. The fourth-order valence-corrected chi connectivity index (χ4v) is 2.53. The van der Waals surface area contributed by atoms with Crippen molar-refractivity contribution in [1.29, 1.82) is 0 Å². The number of rotatable bonds is 4. The van der Waals surface area contributed by atoms with Crippen LogP contribution in [0.1, 0.15) is 0 Å². The molecular weight excluding hydrogens is 306 g/mol. The predicted octanol–water partition coefficient (Wildman–Crippen LogP) is 0.625. The molecule has 0 bridgehead atoms. The zero-order valence-electron chi connectivity index (χ0n) is 12.3. The van der Waals surface area contributed by atoms with Gasteiger partial charge in [0.05, 0.1) is 11.9 Å². The quantitative estimate of drug-likeness (QED) is 0.822. The largest absolute Gasteiger partial charge is 0.367 e. The van der Waals surface area contributed by atoms with Crippen molar-refractivity contribution in [1.82, 2.24) is 19.7 Å². The summed E-state index contributed by atoms with van der Waals surface area (Å²) in [6, 6.07) is 3.21. The molecule has 3 rings (SSSR count). The van der Waals surface area contributed by atoms with Crippen LogP contribution in [0.2, 0.25) is 0 Å². The molecule has 0 spiro atoms. The number of hydrogen-bond donors (Lipinski definition) is 0. The van der Waals surface area contributed by atoms with Gasteiger partial charge in [0.25, 0.3) is 12.0 Å². The molecule has 23 heavy (non-hydrogen) atoms. The third-order valence-electron chi connectivity index (χ3n) is 3.70. The van der Waals surface area contributed by atoms with E-state index in [9.17, 15) is 13.6 Å². The SMILES string of the molecule is O=c1cc(N2CCN(c3ccncn3)CC2)cnn1CC(F)F. The molecule has 1 aliphatic heterocycles. The van der Waals surface area contributed by atoms with Crippen molar-refractivity contribution < 1.29 is 8.78 Å². The van der Waals surface area contributed by atoms with Crippen molar-refractivity contribution in [2.45, 2.75) is 13.0 Å². The Kier molecular flexibility index (Phi) is 4.45. The minimum absolute atomic E-state index is 0.513. The highest BCUT2D eigenvalue weighted by molar-refractivity contribution is 5.46. The van der Waals surface area contributed by atoms with Gasteiger partial charge in [-0.25, -0.2) is 23.4 Å². The molecule has 1 saturated heterocycles. The standard InChI is InChI=1S/C14H16F2N6O/c15-12(16)9-22-14(23)7-11(8-19-22)20-3-5-21(6-4-20)13-1-2-17-10-18-13/h1-2,7-8,10,12H,3-6,9H2. The lowest BCUT2D eigenvalue weighted by Crippen LogP contribution is -2.47. The number of hydrogen-bond acceptors (Lipinski definition) is 6. The molecule has 0 unspecified atom stereocenters. The van der Waals surface area contributed by atoms with Crippen LogP contribution < -0.4 is 15.4 Å². The Bertz CT molecular complexity index is 700. The molecule has 2 aromatic heterocycles. The van der Waals surface area contributed by atoms with E-state index in [1.807, 2.05) is 11.0 Å². The second-order valence-corrected chi connectivity index (χ2v) is 5.17. The molecule has 3 heterocycles. The summed E-state index contributed by atoms with van der Waals surface area (Å²) in [4.78, 5) is 24.1. The Morgan fingerprint density at radius 2 is 1.91 bits per heavy atom. The van der Waals surface area contributed by atoms with Gasteiger partial charge in [0.2, 0.25) is 0 Å². The topological polar surface area (TPSA) is 67.2 Å². The Hall–Kier alpha value is -2.58. The van der Waals surface area contributed by atoms with Gasteiger partial charge in [-0.15, -0.1) is 0 Å². The monoisotopic (exact) mass is 322 g/mol. The fourth-order valence-electron chi connectivity index (χ4n) is 2.53. The average Bonchev–Trinajstić information content (AvgIpc) is 2.57. The van der Waals surface area contributed by atoms with Crippen LogP contribution in [-0.4, -0.2) is 52.4 Å². The Morgan fingerprint density at radius 3 is 2.52 bits per heavy atom. The summed E-state index contributed by atoms with van der Waals surface area (Å²) in [5, 5.41) is 3.82. The second-order valence-electron chi connectivity index (χ2n) is 5.17. The van der Waals surface area contributed by atoms with Gasteiger partial charge >= 0.3 is 0 Å². The average molecular weight is 322 g/mol. The van der Waals surface area contributed by atoms with Crippen LogP contribution in [0.5, 0.6) is 0 Å². The normalized spacial score (nSPS) is 15.3. The molecular formula is C14H16F2N6O. The summed E-state index contributed by atoms with van der Waals surface area (Å²) in [6.45, 7) is 2.21. The van der Waals surface area contributed by atoms with Gasteiger partial charge in [0.1, 0.15) is 18.7 Å². The maximum atomic E-state index is 12.3. The molecule has 122 valence electrons. The van der Waals surface area contributed by atoms with Gasteiger partial charge in [-0.1, -0.05) is 0 Å². The third kappa shape index (κ3) is 3.61. The lowest BCUT2D eigenvalue weighted by molar-refractivity contribution is 0.119. The molecule has 0 aliphatic carbocycles. The maximum Gasteiger partial charge on any atom is 0.269 e. The first-order valence-corrected chi connectivity index (χ1v) is 7.25. The summed E-state index contributed by atoms with van der Waals surface area (Å²) in [6.07, 6.45) is 2.07. The Balaban J connectivity index is 1.66. The highest BCUT2D eigenvalue weighted by Gasteiger charge is 2.19. The van der Waals surface area contributed by atoms with Gasteiger partial charge in [0, 0.05) is 38.4 Å². The van der Waals surface area contributed by atoms with Crippen molar-refractivity contribution in [3.8, 4) is 0 Å². The van der Waals surface area contributed by atoms with E-state index in [1.165, 1.54) is 18.6 Å². The fraction of sp³-hybridized carbons (Fsp3) is 0.429. The molecule has 1 aliphatic rings. The van der Waals surface area contributed by atoms with Gasteiger partial charge in [-0.3, -0.25) is 4.79 Å². The van der Waals surface area contributed by atoms with Crippen LogP contribution in [0.3, 0.4) is 0 Å². The van der Waals surface area contributed by atoms with Crippen molar-refractivity contribution in [2.75, 3.05) is 36.0 Å². The lowest BCUT2D eigenvalue weighted by Gasteiger charge is -2.36. The molecule has 7 nitrogen and oxygen atoms in total. The van der Waals surface area contributed by atoms with Crippen LogP contribution in [0.25, 0.3) is 0 Å². The van der Waals surface area contributed by atoms with E-state index in [4.69, 9.17) is 0 Å². The van der Waals surface area contributed by atoms with Gasteiger partial charge in [-0.2, -0.15) is 5.10 Å². The third-order valence-corrected chi connectivity index (χ3v) is 3.70. The lowest BCUT2D eigenvalue weighted by atomic mass is 10.3. The number of aromatic nitrogens is 4. The van der Waals surface area contributed by atoms with E-state index in [-0.39, 0.29) is 0 Å². The minimum atomic E-state index is -2.59. The van der Waals surface area contributed by atoms with E-state index in [1.54, 1.807) is 6.20 Å². The molecule has 0 N–H and O–H groups in total. The molecule has 0 saturated carbocycles. The smallest absolute Gasteiger partial charge is 0.269 e. The number of anilines is 2. The number of piperazine rings is 1. The summed E-state index contributed by atoms with van der Waals surface area (Å²) in [5.74, 6) is 0.866. The van der Waals surface area contributed by atoms with E-state index >= 15 is 0 Å². The highest BCUT2D eigenvalue weighted by atomic mass is 19.3. The first-order valence-electron chi connectivity index (χ1n) is 7.25. The first kappa shape index (κ1) is 15.3. The van der Waals surface area contributed by atoms with Crippen molar-refractivity contribution in [3.05, 3.63) is 41.2 Å². The van der Waals surface area contributed by atoms with Crippen LogP contribution in [0, 0.1) is 0 Å². The number of halogens is 2. The molecule has 0 amide bonds. The van der Waals surface area contributed by atoms with Crippen LogP contribution >= 0.6 is 0 Å². The van der Waals surface area contributed by atoms with E-state index in [0.29, 0.717) is 18.8 Å². The summed E-state index contributed by atoms with van der Waals surface area (Å²) < 4.78 is 25.5. The summed E-state index contributed by atoms with van der Waals surface area (Å²) in [7, 11) is 0. The zero-order valence-corrected chi connectivity index (χ0v) is 12.3. The highest BCUT2D eigenvalue weighted by Crippen LogP contribution is 2.16.